The zero-order valence-electron chi connectivity index (χ0n) is 14.1. The first kappa shape index (κ1) is 17.2. The third-order valence-electron chi connectivity index (χ3n) is 4.98. The van der Waals surface area contributed by atoms with Gasteiger partial charge in [0.1, 0.15) is 0 Å². The van der Waals surface area contributed by atoms with Crippen LogP contribution in [0.3, 0.4) is 0 Å². The largest absolute Gasteiger partial charge is 0.251 e. The van der Waals surface area contributed by atoms with Crippen molar-refractivity contribution in [2.24, 2.45) is 5.92 Å². The average Bonchev–Trinajstić information content (AvgIpc) is 2.56. The maximum Gasteiger partial charge on any atom is 0.0897 e. The van der Waals surface area contributed by atoms with E-state index in [1.807, 2.05) is 0 Å². The predicted octanol–water partition coefficient (Wildman–Crippen LogP) is 6.61. The molecule has 0 amide bonds. The number of allylic oxidation sites excluding steroid dienone is 2. The topological polar surface area (TPSA) is 0 Å². The molecular weight excluding hydrogens is 271 g/mol. The number of hydrogen-bond acceptors (Lipinski definition) is 0. The minimum atomic E-state index is -0.188. The van der Waals surface area contributed by atoms with Gasteiger partial charge in [-0.1, -0.05) is 49.8 Å². The summed E-state index contributed by atoms with van der Waals surface area (Å²) in [6.07, 6.45) is 15.0. The number of rotatable bonds is 8. The number of unbranched alkanes of at least 4 members (excludes halogenated alkanes) is 1. The van der Waals surface area contributed by atoms with Crippen molar-refractivity contribution in [2.45, 2.75) is 70.6 Å². The molecule has 0 aromatic heterocycles. The molecule has 0 bridgehead atoms. The zero-order chi connectivity index (χ0) is 15.6. The normalized spacial score (nSPS) is 22.3. The fourth-order valence-corrected chi connectivity index (χ4v) is 3.58. The van der Waals surface area contributed by atoms with E-state index in [1.165, 1.54) is 56.1 Å². The lowest BCUT2D eigenvalue weighted by molar-refractivity contribution is 0.328. The predicted molar refractivity (Wildman–Crippen MR) is 94.1 cm³/mol. The molecule has 1 heteroatoms. The van der Waals surface area contributed by atoms with Crippen molar-refractivity contribution < 1.29 is 4.39 Å². The summed E-state index contributed by atoms with van der Waals surface area (Å²) in [6.45, 7) is 2.05. The Morgan fingerprint density at radius 3 is 2.41 bits per heavy atom. The molecule has 0 spiro atoms. The van der Waals surface area contributed by atoms with E-state index < -0.39 is 0 Å². The summed E-state index contributed by atoms with van der Waals surface area (Å²) >= 11 is 0. The summed E-state index contributed by atoms with van der Waals surface area (Å²) < 4.78 is 12.0. The number of alkyl halides is 1. The molecule has 122 valence electrons. The zero-order valence-corrected chi connectivity index (χ0v) is 14.1. The molecule has 1 fully saturated rings. The van der Waals surface area contributed by atoms with Crippen LogP contribution in [-0.4, -0.2) is 6.67 Å². The van der Waals surface area contributed by atoms with Crippen molar-refractivity contribution in [1.29, 1.82) is 0 Å². The van der Waals surface area contributed by atoms with Crippen LogP contribution >= 0.6 is 0 Å². The summed E-state index contributed by atoms with van der Waals surface area (Å²) in [5.74, 6) is 1.61. The molecule has 1 aromatic carbocycles. The fourth-order valence-electron chi connectivity index (χ4n) is 3.58. The minimum Gasteiger partial charge on any atom is -0.251 e. The molecule has 0 nitrogen and oxygen atoms in total. The van der Waals surface area contributed by atoms with Gasteiger partial charge in [0.2, 0.25) is 0 Å². The van der Waals surface area contributed by atoms with Gasteiger partial charge in [-0.25, -0.2) is 0 Å². The molecule has 1 saturated carbocycles. The number of aryl methyl sites for hydroxylation is 1. The Kier molecular flexibility index (Phi) is 7.70. The van der Waals surface area contributed by atoms with Crippen molar-refractivity contribution in [2.75, 3.05) is 6.67 Å². The number of hydrogen-bond donors (Lipinski definition) is 0. The summed E-state index contributed by atoms with van der Waals surface area (Å²) in [6, 6.07) is 9.34. The van der Waals surface area contributed by atoms with Crippen LogP contribution in [0.25, 0.3) is 0 Å². The Labute approximate surface area is 135 Å². The third kappa shape index (κ3) is 5.59. The summed E-state index contributed by atoms with van der Waals surface area (Å²) in [4.78, 5) is 0. The Morgan fingerprint density at radius 1 is 1.05 bits per heavy atom. The lowest BCUT2D eigenvalue weighted by Gasteiger charge is -2.28. The molecule has 0 aliphatic heterocycles. The van der Waals surface area contributed by atoms with Gasteiger partial charge in [-0.2, -0.15) is 0 Å². The highest BCUT2D eigenvalue weighted by Crippen LogP contribution is 2.37. The van der Waals surface area contributed by atoms with E-state index in [9.17, 15) is 4.39 Å². The van der Waals surface area contributed by atoms with Gasteiger partial charge in [-0.15, -0.1) is 0 Å². The molecule has 2 rings (SSSR count). The highest BCUT2D eigenvalue weighted by atomic mass is 19.1. The van der Waals surface area contributed by atoms with Crippen molar-refractivity contribution in [1.82, 2.24) is 0 Å². The van der Waals surface area contributed by atoms with Gasteiger partial charge >= 0.3 is 0 Å². The molecular formula is C21H31F. The highest BCUT2D eigenvalue weighted by Gasteiger charge is 2.21. The van der Waals surface area contributed by atoms with E-state index in [0.717, 1.165) is 18.3 Å². The third-order valence-corrected chi connectivity index (χ3v) is 4.98. The lowest BCUT2D eigenvalue weighted by atomic mass is 9.77. The molecule has 1 aromatic rings. The molecule has 0 radical (unpaired) electrons. The van der Waals surface area contributed by atoms with Gasteiger partial charge in [0.15, 0.2) is 0 Å². The van der Waals surface area contributed by atoms with Crippen LogP contribution in [0.1, 0.15) is 75.3 Å². The summed E-state index contributed by atoms with van der Waals surface area (Å²) in [5.41, 5.74) is 3.01. The van der Waals surface area contributed by atoms with Crippen molar-refractivity contribution in [3.8, 4) is 0 Å². The Morgan fingerprint density at radius 2 is 1.77 bits per heavy atom. The maximum atomic E-state index is 12.0. The lowest BCUT2D eigenvalue weighted by Crippen LogP contribution is -2.12. The standard InChI is InChI=1S/C21H31F/c1-2-7-18-9-13-20(14-10-18)21-15-11-19(12-16-21)8-5-3-4-6-17-22/h3,5,9-10,13-14,19,21H,2,4,6-8,11-12,15-17H2,1H3. The molecule has 0 saturated heterocycles. The van der Waals surface area contributed by atoms with Crippen LogP contribution in [0.15, 0.2) is 36.4 Å². The molecule has 22 heavy (non-hydrogen) atoms. The van der Waals surface area contributed by atoms with Crippen LogP contribution in [-0.2, 0) is 6.42 Å². The van der Waals surface area contributed by atoms with Crippen LogP contribution < -0.4 is 0 Å². The molecule has 1 aliphatic carbocycles. The minimum absolute atomic E-state index is 0.188. The first-order valence-corrected chi connectivity index (χ1v) is 9.13. The van der Waals surface area contributed by atoms with Crippen LogP contribution in [0.5, 0.6) is 0 Å². The molecule has 0 N–H and O–H groups in total. The van der Waals surface area contributed by atoms with Crippen molar-refractivity contribution >= 4 is 0 Å². The maximum absolute atomic E-state index is 12.0. The quantitative estimate of drug-likeness (QED) is 0.374. The van der Waals surface area contributed by atoms with Gasteiger partial charge in [-0.3, -0.25) is 4.39 Å². The van der Waals surface area contributed by atoms with Gasteiger partial charge in [0, 0.05) is 0 Å². The van der Waals surface area contributed by atoms with Crippen molar-refractivity contribution in [3.63, 3.8) is 0 Å². The summed E-state index contributed by atoms with van der Waals surface area (Å²) in [7, 11) is 0. The van der Waals surface area contributed by atoms with E-state index >= 15 is 0 Å². The molecule has 0 atom stereocenters. The average molecular weight is 302 g/mol. The van der Waals surface area contributed by atoms with Gasteiger partial charge in [0.25, 0.3) is 0 Å². The fraction of sp³-hybridized carbons (Fsp3) is 0.619. The van der Waals surface area contributed by atoms with E-state index in [4.69, 9.17) is 0 Å². The Hall–Kier alpha value is -1.11. The Bertz CT molecular complexity index is 424. The van der Waals surface area contributed by atoms with Gasteiger partial charge in [0.05, 0.1) is 6.67 Å². The second-order valence-corrected chi connectivity index (χ2v) is 6.75. The second kappa shape index (κ2) is 9.82. The van der Waals surface area contributed by atoms with E-state index in [0.29, 0.717) is 6.42 Å². The SMILES string of the molecule is CCCc1ccc(C2CCC(CC=CCCCF)CC2)cc1. The Balaban J connectivity index is 1.73. The smallest absolute Gasteiger partial charge is 0.0897 e. The van der Waals surface area contributed by atoms with Crippen LogP contribution in [0, 0.1) is 5.92 Å². The monoisotopic (exact) mass is 302 g/mol. The number of benzene rings is 1. The first-order chi connectivity index (χ1) is 10.8. The molecule has 1 aliphatic rings. The first-order valence-electron chi connectivity index (χ1n) is 9.13. The van der Waals surface area contributed by atoms with E-state index in [2.05, 4.69) is 43.3 Å². The van der Waals surface area contributed by atoms with Gasteiger partial charge in [-0.05, 0) is 74.3 Å². The van der Waals surface area contributed by atoms with E-state index in [1.54, 1.807) is 0 Å². The van der Waals surface area contributed by atoms with Crippen LogP contribution in [0.2, 0.25) is 0 Å². The van der Waals surface area contributed by atoms with Crippen LogP contribution in [0.4, 0.5) is 4.39 Å². The summed E-state index contributed by atoms with van der Waals surface area (Å²) in [5, 5.41) is 0. The molecule has 0 heterocycles. The van der Waals surface area contributed by atoms with Crippen molar-refractivity contribution in [3.05, 3.63) is 47.5 Å². The number of halogens is 1. The van der Waals surface area contributed by atoms with E-state index in [-0.39, 0.29) is 6.67 Å². The molecule has 0 unspecified atom stereocenters. The second-order valence-electron chi connectivity index (χ2n) is 6.75. The van der Waals surface area contributed by atoms with Gasteiger partial charge < -0.3 is 0 Å². The highest BCUT2D eigenvalue weighted by molar-refractivity contribution is 5.25.